The lowest BCUT2D eigenvalue weighted by atomic mass is 10.2. The van der Waals surface area contributed by atoms with Crippen LogP contribution in [0.4, 0.5) is 5.69 Å². The lowest BCUT2D eigenvalue weighted by Crippen LogP contribution is -2.28. The standard InChI is InChI=1S/C13H19ClN2O3S/c1-3-4-6-19-7-5-16-20(17,18)13-9-12(15)11(14)8-10(13)2/h3,8-9,16H,1,4-7,15H2,2H3. The highest BCUT2D eigenvalue weighted by Gasteiger charge is 2.17. The van der Waals surface area contributed by atoms with E-state index in [1.165, 1.54) is 12.1 Å². The maximum Gasteiger partial charge on any atom is 0.240 e. The fourth-order valence-corrected chi connectivity index (χ4v) is 3.04. The quantitative estimate of drug-likeness (QED) is 0.437. The number of ether oxygens (including phenoxy) is 1. The van der Waals surface area contributed by atoms with Crippen LogP contribution in [0.2, 0.25) is 5.02 Å². The summed E-state index contributed by atoms with van der Waals surface area (Å²) in [6, 6.07) is 2.89. The van der Waals surface area contributed by atoms with Crippen molar-refractivity contribution in [3.05, 3.63) is 35.4 Å². The van der Waals surface area contributed by atoms with Crippen molar-refractivity contribution in [2.24, 2.45) is 0 Å². The molecule has 0 saturated heterocycles. The van der Waals surface area contributed by atoms with E-state index in [0.29, 0.717) is 23.8 Å². The molecule has 0 radical (unpaired) electrons. The monoisotopic (exact) mass is 318 g/mol. The summed E-state index contributed by atoms with van der Waals surface area (Å²) in [5, 5.41) is 0.342. The molecule has 20 heavy (non-hydrogen) atoms. The first-order valence-corrected chi connectivity index (χ1v) is 7.98. The van der Waals surface area contributed by atoms with Crippen LogP contribution < -0.4 is 10.5 Å². The summed E-state index contributed by atoms with van der Waals surface area (Å²) in [6.45, 7) is 6.26. The second kappa shape index (κ2) is 7.64. The Labute approximate surface area is 124 Å². The van der Waals surface area contributed by atoms with Crippen LogP contribution in [0.5, 0.6) is 0 Å². The summed E-state index contributed by atoms with van der Waals surface area (Å²) in [4.78, 5) is 0.130. The number of hydrogen-bond donors (Lipinski definition) is 2. The van der Waals surface area contributed by atoms with E-state index in [0.717, 1.165) is 6.42 Å². The molecule has 1 rings (SSSR count). The highest BCUT2D eigenvalue weighted by atomic mass is 35.5. The molecule has 1 aromatic rings. The van der Waals surface area contributed by atoms with Crippen molar-refractivity contribution >= 4 is 27.3 Å². The molecular weight excluding hydrogens is 300 g/mol. The lowest BCUT2D eigenvalue weighted by Gasteiger charge is -2.11. The third-order valence-corrected chi connectivity index (χ3v) is 4.52. The van der Waals surface area contributed by atoms with Gasteiger partial charge in [0.05, 0.1) is 28.8 Å². The second-order valence-corrected chi connectivity index (χ2v) is 6.37. The molecule has 0 saturated carbocycles. The van der Waals surface area contributed by atoms with E-state index in [1.54, 1.807) is 13.0 Å². The van der Waals surface area contributed by atoms with Gasteiger partial charge in [0.2, 0.25) is 10.0 Å². The molecule has 0 heterocycles. The summed E-state index contributed by atoms with van der Waals surface area (Å²) in [6.07, 6.45) is 2.48. The maximum absolute atomic E-state index is 12.1. The topological polar surface area (TPSA) is 81.4 Å². The summed E-state index contributed by atoms with van der Waals surface area (Å²) < 4.78 is 31.9. The van der Waals surface area contributed by atoms with E-state index in [4.69, 9.17) is 22.1 Å². The number of nitrogens with one attached hydrogen (secondary N) is 1. The molecule has 0 aromatic heterocycles. The number of anilines is 1. The number of sulfonamides is 1. The summed E-state index contributed by atoms with van der Waals surface area (Å²) in [5.41, 5.74) is 6.42. The van der Waals surface area contributed by atoms with Crippen molar-refractivity contribution in [3.8, 4) is 0 Å². The Balaban J connectivity index is 2.65. The first-order chi connectivity index (χ1) is 9.38. The van der Waals surface area contributed by atoms with Crippen molar-refractivity contribution in [1.82, 2.24) is 4.72 Å². The van der Waals surface area contributed by atoms with Gasteiger partial charge in [-0.2, -0.15) is 0 Å². The van der Waals surface area contributed by atoms with E-state index >= 15 is 0 Å². The van der Waals surface area contributed by atoms with Gasteiger partial charge in [0.1, 0.15) is 0 Å². The zero-order valence-corrected chi connectivity index (χ0v) is 12.9. The minimum atomic E-state index is -3.61. The lowest BCUT2D eigenvalue weighted by molar-refractivity contribution is 0.144. The van der Waals surface area contributed by atoms with Crippen LogP contribution in [0.25, 0.3) is 0 Å². The number of halogens is 1. The third-order valence-electron chi connectivity index (χ3n) is 2.59. The fourth-order valence-electron chi connectivity index (χ4n) is 1.55. The Kier molecular flexibility index (Phi) is 6.48. The molecule has 0 spiro atoms. The van der Waals surface area contributed by atoms with Gasteiger partial charge in [-0.3, -0.25) is 0 Å². The first kappa shape index (κ1) is 17.0. The van der Waals surface area contributed by atoms with Crippen molar-refractivity contribution in [3.63, 3.8) is 0 Å². The van der Waals surface area contributed by atoms with Gasteiger partial charge in [-0.05, 0) is 31.0 Å². The molecule has 0 amide bonds. The Morgan fingerprint density at radius 1 is 1.45 bits per heavy atom. The van der Waals surface area contributed by atoms with Crippen molar-refractivity contribution in [2.75, 3.05) is 25.5 Å². The Hall–Kier alpha value is -1.08. The normalized spacial score (nSPS) is 11.5. The molecule has 0 aliphatic carbocycles. The highest BCUT2D eigenvalue weighted by molar-refractivity contribution is 7.89. The Morgan fingerprint density at radius 3 is 2.80 bits per heavy atom. The third kappa shape index (κ3) is 4.79. The van der Waals surface area contributed by atoms with Gasteiger partial charge >= 0.3 is 0 Å². The predicted molar refractivity (Wildman–Crippen MR) is 81.4 cm³/mol. The smallest absolute Gasteiger partial charge is 0.240 e. The predicted octanol–water partition coefficient (Wildman–Crippen LogP) is 2.10. The molecule has 0 atom stereocenters. The number of rotatable bonds is 8. The average molecular weight is 319 g/mol. The van der Waals surface area contributed by atoms with Crippen LogP contribution in [0.15, 0.2) is 29.7 Å². The van der Waals surface area contributed by atoms with Gasteiger partial charge in [0, 0.05) is 6.54 Å². The van der Waals surface area contributed by atoms with Crippen LogP contribution in [-0.2, 0) is 14.8 Å². The van der Waals surface area contributed by atoms with Gasteiger partial charge in [0.15, 0.2) is 0 Å². The van der Waals surface area contributed by atoms with Crippen LogP contribution in [-0.4, -0.2) is 28.2 Å². The number of aryl methyl sites for hydroxylation is 1. The van der Waals surface area contributed by atoms with Crippen molar-refractivity contribution < 1.29 is 13.2 Å². The van der Waals surface area contributed by atoms with Crippen LogP contribution >= 0.6 is 11.6 Å². The zero-order chi connectivity index (χ0) is 15.2. The average Bonchev–Trinajstić information content (AvgIpc) is 2.37. The Bertz CT molecular complexity index is 573. The fraction of sp³-hybridized carbons (Fsp3) is 0.385. The summed E-state index contributed by atoms with van der Waals surface area (Å²) in [5.74, 6) is 0. The van der Waals surface area contributed by atoms with Crippen molar-refractivity contribution in [2.45, 2.75) is 18.2 Å². The number of nitrogens with two attached hydrogens (primary N) is 1. The molecule has 0 aliphatic heterocycles. The molecular formula is C13H19ClN2O3S. The number of hydrogen-bond acceptors (Lipinski definition) is 4. The largest absolute Gasteiger partial charge is 0.397 e. The maximum atomic E-state index is 12.1. The van der Waals surface area contributed by atoms with Crippen LogP contribution in [0.1, 0.15) is 12.0 Å². The van der Waals surface area contributed by atoms with E-state index in [-0.39, 0.29) is 17.1 Å². The molecule has 5 nitrogen and oxygen atoms in total. The first-order valence-electron chi connectivity index (χ1n) is 6.12. The molecule has 112 valence electrons. The van der Waals surface area contributed by atoms with E-state index in [9.17, 15) is 8.42 Å². The van der Waals surface area contributed by atoms with E-state index < -0.39 is 10.0 Å². The van der Waals surface area contributed by atoms with E-state index in [1.807, 2.05) is 0 Å². The SMILES string of the molecule is C=CCCOCCNS(=O)(=O)c1cc(N)c(Cl)cc1C. The molecule has 1 aromatic carbocycles. The molecule has 0 bridgehead atoms. The van der Waals surface area contributed by atoms with Gasteiger partial charge in [-0.15, -0.1) is 6.58 Å². The summed E-state index contributed by atoms with van der Waals surface area (Å²) in [7, 11) is -3.61. The molecule has 0 aliphatic rings. The highest BCUT2D eigenvalue weighted by Crippen LogP contribution is 2.25. The molecule has 7 heteroatoms. The second-order valence-electron chi connectivity index (χ2n) is 4.23. The van der Waals surface area contributed by atoms with Gasteiger partial charge < -0.3 is 10.5 Å². The van der Waals surface area contributed by atoms with Gasteiger partial charge in [0.25, 0.3) is 0 Å². The summed E-state index contributed by atoms with van der Waals surface area (Å²) >= 11 is 5.84. The number of nitrogen functional groups attached to an aromatic ring is 1. The molecule has 3 N–H and O–H groups in total. The van der Waals surface area contributed by atoms with Gasteiger partial charge in [-0.25, -0.2) is 13.1 Å². The van der Waals surface area contributed by atoms with Crippen LogP contribution in [0.3, 0.4) is 0 Å². The molecule has 0 fully saturated rings. The van der Waals surface area contributed by atoms with Crippen molar-refractivity contribution in [1.29, 1.82) is 0 Å². The molecule has 0 unspecified atom stereocenters. The van der Waals surface area contributed by atoms with Crippen LogP contribution in [0, 0.1) is 6.92 Å². The number of benzene rings is 1. The minimum Gasteiger partial charge on any atom is -0.397 e. The van der Waals surface area contributed by atoms with Gasteiger partial charge in [-0.1, -0.05) is 17.7 Å². The van der Waals surface area contributed by atoms with E-state index in [2.05, 4.69) is 11.3 Å². The zero-order valence-electron chi connectivity index (χ0n) is 11.4. The minimum absolute atomic E-state index is 0.130. The Morgan fingerprint density at radius 2 is 2.15 bits per heavy atom.